The van der Waals surface area contributed by atoms with Crippen LogP contribution in [0.5, 0.6) is 0 Å². The number of fused-ring (bicyclic) bond motifs is 1. The summed E-state index contributed by atoms with van der Waals surface area (Å²) in [5.74, 6) is 0.191. The maximum absolute atomic E-state index is 12.4. The molecule has 2 fully saturated rings. The number of carbonyl (C=O) groups is 3. The fraction of sp³-hybridized carbons (Fsp3) is 0.652. The summed E-state index contributed by atoms with van der Waals surface area (Å²) in [5.41, 5.74) is 6.92. The summed E-state index contributed by atoms with van der Waals surface area (Å²) in [6.07, 6.45) is -0.431. The minimum atomic E-state index is -1.40. The average molecular weight is 535 g/mol. The van der Waals surface area contributed by atoms with Crippen molar-refractivity contribution in [1.82, 2.24) is 34.6 Å². The lowest BCUT2D eigenvalue weighted by Gasteiger charge is -2.37. The Morgan fingerprint density at radius 2 is 2.03 bits per heavy atom. The maximum atomic E-state index is 12.4. The third-order valence-corrected chi connectivity index (χ3v) is 6.75. The molecule has 2 unspecified atom stereocenters. The second-order valence-electron chi connectivity index (χ2n) is 9.50. The largest absolute Gasteiger partial charge is 0.434 e. The Labute approximate surface area is 218 Å². The molecule has 0 aromatic carbocycles. The molecule has 2 aliphatic rings. The van der Waals surface area contributed by atoms with E-state index in [-0.39, 0.29) is 24.4 Å². The number of likely N-dealkylation sites (tertiary alicyclic amines) is 2. The first-order chi connectivity index (χ1) is 18.2. The molecule has 0 aliphatic carbocycles. The topological polar surface area (TPSA) is 198 Å². The van der Waals surface area contributed by atoms with Gasteiger partial charge in [0.15, 0.2) is 23.7 Å². The van der Waals surface area contributed by atoms with Gasteiger partial charge < -0.3 is 40.5 Å². The lowest BCUT2D eigenvalue weighted by Crippen LogP contribution is -2.57. The minimum Gasteiger partial charge on any atom is -0.434 e. The van der Waals surface area contributed by atoms with Gasteiger partial charge in [0.1, 0.15) is 24.2 Å². The van der Waals surface area contributed by atoms with Crippen LogP contribution in [0.4, 0.5) is 10.6 Å². The highest BCUT2D eigenvalue weighted by Gasteiger charge is 2.38. The van der Waals surface area contributed by atoms with E-state index in [1.165, 1.54) is 11.2 Å². The number of nitrogens with two attached hydrogens (primary N) is 1. The normalized spacial score (nSPS) is 19.8. The van der Waals surface area contributed by atoms with E-state index in [0.717, 1.165) is 0 Å². The van der Waals surface area contributed by atoms with Crippen molar-refractivity contribution in [3.8, 4) is 0 Å². The van der Waals surface area contributed by atoms with Crippen molar-refractivity contribution in [2.45, 2.75) is 51.2 Å². The Bertz CT molecular complexity index is 1170. The fourth-order valence-corrected chi connectivity index (χ4v) is 4.50. The average Bonchev–Trinajstić information content (AvgIpc) is 3.32. The molecular weight excluding hydrogens is 500 g/mol. The molecule has 0 spiro atoms. The summed E-state index contributed by atoms with van der Waals surface area (Å²) in [4.78, 5) is 52.7. The Kier molecular flexibility index (Phi) is 8.58. The number of anilines is 1. The standard InChI is InChI=1S/C23H34N8O7/c1-3-25-21(34)18(14(33)10-32)37-12-31-11-26-17-19(24)27-16(28-20(17)31)8-13-4-6-30(7-5-13)23(36)38-15-9-29(2)22(15)35/h11,13-15,18,32-33H,3-10,12H2,1-2H3,(H,25,34)(H2,24,27,28)/t14?,15?,18-/m0/s1. The van der Waals surface area contributed by atoms with Crippen LogP contribution in [0.2, 0.25) is 0 Å². The number of aromatic nitrogens is 4. The van der Waals surface area contributed by atoms with Crippen molar-refractivity contribution in [3.05, 3.63) is 12.2 Å². The van der Waals surface area contributed by atoms with E-state index < -0.39 is 36.9 Å². The molecule has 2 aromatic rings. The van der Waals surface area contributed by atoms with E-state index in [2.05, 4.69) is 20.3 Å². The van der Waals surface area contributed by atoms with E-state index in [1.807, 2.05) is 0 Å². The SMILES string of the molecule is CCNC(=O)[C@@H](OCn1cnc2c(N)nc(CC3CCN(C(=O)OC4CN(C)C4=O)CC3)nc21)C(O)CO. The number of β-lactam (4-membered cyclic amide) rings is 1. The second kappa shape index (κ2) is 11.9. The van der Waals surface area contributed by atoms with Crippen LogP contribution < -0.4 is 11.1 Å². The zero-order chi connectivity index (χ0) is 27.4. The second-order valence-corrected chi connectivity index (χ2v) is 9.50. The maximum Gasteiger partial charge on any atom is 0.410 e. The minimum absolute atomic E-state index is 0.162. The highest BCUT2D eigenvalue weighted by Crippen LogP contribution is 2.24. The van der Waals surface area contributed by atoms with Crippen molar-refractivity contribution in [3.63, 3.8) is 0 Å². The summed E-state index contributed by atoms with van der Waals surface area (Å²) in [6.45, 7) is 2.69. The van der Waals surface area contributed by atoms with Crippen LogP contribution in [0, 0.1) is 5.92 Å². The number of nitrogens with zero attached hydrogens (tertiary/aromatic N) is 6. The third-order valence-electron chi connectivity index (χ3n) is 6.75. The van der Waals surface area contributed by atoms with E-state index in [0.29, 0.717) is 62.4 Å². The molecule has 208 valence electrons. The van der Waals surface area contributed by atoms with Gasteiger partial charge in [-0.2, -0.15) is 0 Å². The van der Waals surface area contributed by atoms with Crippen LogP contribution in [0.1, 0.15) is 25.6 Å². The number of amides is 3. The van der Waals surface area contributed by atoms with Crippen LogP contribution in [0.25, 0.3) is 11.2 Å². The van der Waals surface area contributed by atoms with Crippen molar-refractivity contribution < 1.29 is 34.1 Å². The Morgan fingerprint density at radius 1 is 1.29 bits per heavy atom. The molecule has 15 nitrogen and oxygen atoms in total. The van der Waals surface area contributed by atoms with Gasteiger partial charge in [-0.05, 0) is 25.7 Å². The molecule has 2 aliphatic heterocycles. The zero-order valence-electron chi connectivity index (χ0n) is 21.4. The summed E-state index contributed by atoms with van der Waals surface area (Å²) in [6, 6.07) is 0. The molecule has 15 heteroatoms. The number of imidazole rings is 1. The molecule has 5 N–H and O–H groups in total. The summed E-state index contributed by atoms with van der Waals surface area (Å²) < 4.78 is 12.4. The lowest BCUT2D eigenvalue weighted by molar-refractivity contribution is -0.154. The summed E-state index contributed by atoms with van der Waals surface area (Å²) in [5, 5.41) is 21.9. The lowest BCUT2D eigenvalue weighted by atomic mass is 9.93. The molecule has 38 heavy (non-hydrogen) atoms. The first kappa shape index (κ1) is 27.5. The number of hydrogen-bond acceptors (Lipinski definition) is 11. The zero-order valence-corrected chi connectivity index (χ0v) is 21.4. The van der Waals surface area contributed by atoms with Gasteiger partial charge in [-0.25, -0.2) is 19.7 Å². The molecule has 3 atom stereocenters. The van der Waals surface area contributed by atoms with Crippen LogP contribution in [-0.4, -0.2) is 116 Å². The van der Waals surface area contributed by atoms with Crippen molar-refractivity contribution >= 4 is 34.9 Å². The van der Waals surface area contributed by atoms with Crippen LogP contribution in [0.15, 0.2) is 6.33 Å². The number of aliphatic hydroxyl groups excluding tert-OH is 2. The molecular formula is C23H34N8O7. The number of likely N-dealkylation sites (N-methyl/N-ethyl adjacent to an activating group) is 2. The number of rotatable bonds is 10. The monoisotopic (exact) mass is 534 g/mol. The Hall–Kier alpha value is -3.56. The quantitative estimate of drug-likeness (QED) is 0.258. The van der Waals surface area contributed by atoms with Gasteiger partial charge in [-0.3, -0.25) is 14.2 Å². The third kappa shape index (κ3) is 5.95. The van der Waals surface area contributed by atoms with Crippen LogP contribution in [0.3, 0.4) is 0 Å². The van der Waals surface area contributed by atoms with Gasteiger partial charge in [-0.1, -0.05) is 0 Å². The molecule has 0 bridgehead atoms. The van der Waals surface area contributed by atoms with Crippen molar-refractivity contribution in [1.29, 1.82) is 0 Å². The van der Waals surface area contributed by atoms with Gasteiger partial charge in [0.25, 0.3) is 11.8 Å². The predicted molar refractivity (Wildman–Crippen MR) is 132 cm³/mol. The predicted octanol–water partition coefficient (Wildman–Crippen LogP) is -1.53. The van der Waals surface area contributed by atoms with Gasteiger partial charge in [0.05, 0.1) is 19.5 Å². The fourth-order valence-electron chi connectivity index (χ4n) is 4.50. The highest BCUT2D eigenvalue weighted by atomic mass is 16.6. The van der Waals surface area contributed by atoms with Crippen LogP contribution in [-0.2, 0) is 32.2 Å². The van der Waals surface area contributed by atoms with Gasteiger partial charge >= 0.3 is 6.09 Å². The van der Waals surface area contributed by atoms with Gasteiger partial charge in [0.2, 0.25) is 0 Å². The first-order valence-electron chi connectivity index (χ1n) is 12.6. The van der Waals surface area contributed by atoms with Crippen LogP contribution >= 0.6 is 0 Å². The molecule has 2 aromatic heterocycles. The number of piperidine rings is 1. The number of aliphatic hydroxyl groups is 2. The number of carbonyl (C=O) groups excluding carboxylic acids is 3. The first-order valence-corrected chi connectivity index (χ1v) is 12.6. The molecule has 3 amide bonds. The molecule has 2 saturated heterocycles. The smallest absolute Gasteiger partial charge is 0.410 e. The summed E-state index contributed by atoms with van der Waals surface area (Å²) >= 11 is 0. The Morgan fingerprint density at radius 3 is 2.66 bits per heavy atom. The van der Waals surface area contributed by atoms with E-state index in [9.17, 15) is 24.6 Å². The number of nitrogens with one attached hydrogen (secondary N) is 1. The van der Waals surface area contributed by atoms with Crippen molar-refractivity contribution in [2.75, 3.05) is 45.6 Å². The van der Waals surface area contributed by atoms with E-state index in [4.69, 9.17) is 15.2 Å². The van der Waals surface area contributed by atoms with Gasteiger partial charge in [0, 0.05) is 33.1 Å². The number of hydrogen-bond donors (Lipinski definition) is 4. The van der Waals surface area contributed by atoms with Crippen molar-refractivity contribution in [2.24, 2.45) is 5.92 Å². The molecule has 4 heterocycles. The number of ether oxygens (including phenoxy) is 2. The Balaban J connectivity index is 1.36. The molecule has 0 saturated carbocycles. The summed E-state index contributed by atoms with van der Waals surface area (Å²) in [7, 11) is 1.66. The van der Waals surface area contributed by atoms with E-state index >= 15 is 0 Å². The number of nitrogen functional groups attached to an aromatic ring is 1. The highest BCUT2D eigenvalue weighted by molar-refractivity contribution is 5.88. The molecule has 0 radical (unpaired) electrons. The van der Waals surface area contributed by atoms with Gasteiger partial charge in [-0.15, -0.1) is 0 Å². The molecule has 4 rings (SSSR count). The van der Waals surface area contributed by atoms with E-state index in [1.54, 1.807) is 23.4 Å².